The molecule has 3 aliphatic heterocycles. The summed E-state index contributed by atoms with van der Waals surface area (Å²) in [5.41, 5.74) is 3.09. The number of hydrogen-bond acceptors (Lipinski definition) is 6. The van der Waals surface area contributed by atoms with Crippen LogP contribution < -0.4 is 0 Å². The molecule has 0 radical (unpaired) electrons. The van der Waals surface area contributed by atoms with Crippen LogP contribution in [0.2, 0.25) is 5.02 Å². The van der Waals surface area contributed by atoms with Gasteiger partial charge < -0.3 is 14.5 Å². The topological polar surface area (TPSA) is 40.5 Å². The SMILES string of the molecule is CCN1C=C(C)C(OCc2c(F)cccc2Cl)C2=C1N1CN(OC)C=C1C=N2. The van der Waals surface area contributed by atoms with Gasteiger partial charge in [-0.15, -0.1) is 0 Å². The molecule has 0 spiro atoms. The first-order chi connectivity index (χ1) is 13.5. The third-order valence-electron chi connectivity index (χ3n) is 5.01. The zero-order valence-corrected chi connectivity index (χ0v) is 16.8. The van der Waals surface area contributed by atoms with Crippen LogP contribution in [0.25, 0.3) is 0 Å². The number of allylic oxidation sites excluding steroid dienone is 1. The Morgan fingerprint density at radius 2 is 2.14 bits per heavy atom. The molecule has 4 rings (SSSR count). The van der Waals surface area contributed by atoms with E-state index in [9.17, 15) is 4.39 Å². The molecule has 1 unspecified atom stereocenters. The Morgan fingerprint density at radius 1 is 1.32 bits per heavy atom. The molecule has 0 aromatic heterocycles. The lowest BCUT2D eigenvalue weighted by Gasteiger charge is -2.40. The largest absolute Gasteiger partial charge is 0.362 e. The number of benzene rings is 1. The predicted octanol–water partition coefficient (Wildman–Crippen LogP) is 3.84. The molecule has 3 heterocycles. The van der Waals surface area contributed by atoms with Gasteiger partial charge in [0.05, 0.1) is 31.8 Å². The molecule has 8 heteroatoms. The fourth-order valence-electron chi connectivity index (χ4n) is 3.58. The molecule has 28 heavy (non-hydrogen) atoms. The zero-order chi connectivity index (χ0) is 19.8. The van der Waals surface area contributed by atoms with E-state index in [0.717, 1.165) is 29.3 Å². The summed E-state index contributed by atoms with van der Waals surface area (Å²) in [6.45, 7) is 5.49. The summed E-state index contributed by atoms with van der Waals surface area (Å²) in [6.07, 6.45) is 5.38. The van der Waals surface area contributed by atoms with Crippen LogP contribution in [0, 0.1) is 5.82 Å². The van der Waals surface area contributed by atoms with Crippen molar-refractivity contribution >= 4 is 17.8 Å². The Morgan fingerprint density at radius 3 is 2.86 bits per heavy atom. The minimum absolute atomic E-state index is 0.0622. The Labute approximate surface area is 168 Å². The quantitative estimate of drug-likeness (QED) is 0.745. The van der Waals surface area contributed by atoms with E-state index in [1.54, 1.807) is 30.5 Å². The lowest BCUT2D eigenvalue weighted by Crippen LogP contribution is -2.41. The van der Waals surface area contributed by atoms with E-state index in [1.165, 1.54) is 6.07 Å². The molecule has 0 saturated carbocycles. The van der Waals surface area contributed by atoms with Gasteiger partial charge in [-0.25, -0.2) is 9.45 Å². The van der Waals surface area contributed by atoms with Crippen LogP contribution in [-0.2, 0) is 16.2 Å². The van der Waals surface area contributed by atoms with Gasteiger partial charge in [-0.1, -0.05) is 17.7 Å². The van der Waals surface area contributed by atoms with Gasteiger partial charge in [-0.3, -0.25) is 9.83 Å². The summed E-state index contributed by atoms with van der Waals surface area (Å²) in [6, 6.07) is 4.63. The molecule has 1 atom stereocenters. The first-order valence-electron chi connectivity index (χ1n) is 9.11. The zero-order valence-electron chi connectivity index (χ0n) is 16.0. The first kappa shape index (κ1) is 19.0. The van der Waals surface area contributed by atoms with Gasteiger partial charge in [0.1, 0.15) is 30.1 Å². The van der Waals surface area contributed by atoms with Crippen molar-refractivity contribution in [3.05, 3.63) is 69.8 Å². The molecular formula is C20H22ClFN4O2. The number of fused-ring (bicyclic) bond motifs is 2. The molecule has 1 aromatic carbocycles. The molecule has 148 valence electrons. The van der Waals surface area contributed by atoms with E-state index >= 15 is 0 Å². The number of aliphatic imine (C=N–C) groups is 1. The van der Waals surface area contributed by atoms with Crippen LogP contribution in [0.1, 0.15) is 19.4 Å². The van der Waals surface area contributed by atoms with Gasteiger partial charge in [0, 0.05) is 23.3 Å². The fourth-order valence-corrected chi connectivity index (χ4v) is 3.80. The summed E-state index contributed by atoms with van der Waals surface area (Å²) in [4.78, 5) is 14.3. The highest BCUT2D eigenvalue weighted by atomic mass is 35.5. The molecule has 6 nitrogen and oxygen atoms in total. The number of nitrogens with zero attached hydrogens (tertiary/aromatic N) is 4. The van der Waals surface area contributed by atoms with Crippen LogP contribution in [0.5, 0.6) is 0 Å². The third-order valence-corrected chi connectivity index (χ3v) is 5.37. The molecule has 0 amide bonds. The third kappa shape index (κ3) is 3.19. The van der Waals surface area contributed by atoms with E-state index in [-0.39, 0.29) is 18.5 Å². The van der Waals surface area contributed by atoms with Crippen LogP contribution >= 0.6 is 11.6 Å². The maximum Gasteiger partial charge on any atom is 0.139 e. The van der Waals surface area contributed by atoms with Gasteiger partial charge in [-0.2, -0.15) is 0 Å². The lowest BCUT2D eigenvalue weighted by molar-refractivity contribution is -0.0970. The van der Waals surface area contributed by atoms with E-state index in [1.807, 2.05) is 13.1 Å². The first-order valence-corrected chi connectivity index (χ1v) is 9.49. The molecule has 0 bridgehead atoms. The fraction of sp³-hybridized carbons (Fsp3) is 0.350. The van der Waals surface area contributed by atoms with Crippen LogP contribution in [-0.4, -0.2) is 47.5 Å². The Balaban J connectivity index is 1.65. The number of rotatable bonds is 5. The monoisotopic (exact) mass is 404 g/mol. The van der Waals surface area contributed by atoms with Crippen LogP contribution in [0.15, 0.2) is 58.4 Å². The van der Waals surface area contributed by atoms with Gasteiger partial charge in [0.15, 0.2) is 0 Å². The standard InChI is InChI=1S/C20H22ClFN4O2/c1-4-24-9-13(2)19(28-11-15-16(21)6-5-7-17(15)22)18-20(24)26-12-25(27-3)10-14(26)8-23-18/h5-10,19H,4,11-12H2,1-3H3. The van der Waals surface area contributed by atoms with E-state index in [4.69, 9.17) is 21.2 Å². The van der Waals surface area contributed by atoms with Crippen molar-refractivity contribution in [1.82, 2.24) is 14.9 Å². The summed E-state index contributed by atoms with van der Waals surface area (Å²) in [5, 5.41) is 2.10. The highest BCUT2D eigenvalue weighted by Crippen LogP contribution is 2.37. The van der Waals surface area contributed by atoms with E-state index in [2.05, 4.69) is 27.9 Å². The van der Waals surface area contributed by atoms with Crippen molar-refractivity contribution < 1.29 is 14.0 Å². The lowest BCUT2D eigenvalue weighted by atomic mass is 10.0. The van der Waals surface area contributed by atoms with Crippen molar-refractivity contribution in [2.24, 2.45) is 4.99 Å². The predicted molar refractivity (Wildman–Crippen MR) is 105 cm³/mol. The second-order valence-corrected chi connectivity index (χ2v) is 7.15. The Bertz CT molecular complexity index is 891. The van der Waals surface area contributed by atoms with Crippen molar-refractivity contribution in [3.63, 3.8) is 0 Å². The molecule has 1 aromatic rings. The molecule has 0 fully saturated rings. The molecule has 3 aliphatic rings. The summed E-state index contributed by atoms with van der Waals surface area (Å²) in [7, 11) is 1.63. The van der Waals surface area contributed by atoms with Gasteiger partial charge in [-0.05, 0) is 31.6 Å². The average Bonchev–Trinajstić information content (AvgIpc) is 3.11. The van der Waals surface area contributed by atoms with Crippen LogP contribution in [0.3, 0.4) is 0 Å². The van der Waals surface area contributed by atoms with Crippen molar-refractivity contribution in [2.75, 3.05) is 20.3 Å². The summed E-state index contributed by atoms with van der Waals surface area (Å²) in [5.74, 6) is 0.577. The Kier molecular flexibility index (Phi) is 5.14. The number of ether oxygens (including phenoxy) is 1. The second-order valence-electron chi connectivity index (χ2n) is 6.74. The molecule has 0 saturated heterocycles. The minimum Gasteiger partial charge on any atom is -0.362 e. The number of halogens is 2. The summed E-state index contributed by atoms with van der Waals surface area (Å²) < 4.78 is 20.3. The maximum atomic E-state index is 14.1. The van der Waals surface area contributed by atoms with Gasteiger partial charge in [0.25, 0.3) is 0 Å². The van der Waals surface area contributed by atoms with E-state index < -0.39 is 0 Å². The highest BCUT2D eigenvalue weighted by molar-refractivity contribution is 6.31. The van der Waals surface area contributed by atoms with Crippen molar-refractivity contribution in [2.45, 2.75) is 26.6 Å². The van der Waals surface area contributed by atoms with Gasteiger partial charge >= 0.3 is 0 Å². The molecule has 0 aliphatic carbocycles. The van der Waals surface area contributed by atoms with Crippen molar-refractivity contribution in [3.8, 4) is 0 Å². The smallest absolute Gasteiger partial charge is 0.139 e. The molecular weight excluding hydrogens is 383 g/mol. The summed E-state index contributed by atoms with van der Waals surface area (Å²) >= 11 is 6.15. The minimum atomic E-state index is -0.386. The molecule has 0 N–H and O–H groups in total. The Hall–Kier alpha value is -2.35. The average molecular weight is 405 g/mol. The second kappa shape index (κ2) is 7.58. The number of hydroxylamine groups is 2. The van der Waals surface area contributed by atoms with E-state index in [0.29, 0.717) is 17.3 Å². The van der Waals surface area contributed by atoms with Crippen LogP contribution in [0.4, 0.5) is 4.39 Å². The normalized spacial score (nSPS) is 21.0. The number of hydrogen-bond donors (Lipinski definition) is 0. The maximum absolute atomic E-state index is 14.1. The van der Waals surface area contributed by atoms with Gasteiger partial charge in [0.2, 0.25) is 0 Å². The van der Waals surface area contributed by atoms with Crippen molar-refractivity contribution in [1.29, 1.82) is 0 Å². The highest BCUT2D eigenvalue weighted by Gasteiger charge is 2.37.